The van der Waals surface area contributed by atoms with E-state index in [1.807, 2.05) is 13.8 Å². The molecule has 6 nitrogen and oxygen atoms in total. The number of likely N-dealkylation sites (N-methyl/N-ethyl adjacent to an activating group) is 1. The minimum atomic E-state index is -0.908. The van der Waals surface area contributed by atoms with E-state index in [9.17, 15) is 14.9 Å². The van der Waals surface area contributed by atoms with Crippen molar-refractivity contribution in [3.63, 3.8) is 0 Å². The van der Waals surface area contributed by atoms with Gasteiger partial charge in [-0.1, -0.05) is 19.1 Å². The van der Waals surface area contributed by atoms with E-state index in [2.05, 4.69) is 0 Å². The molecular formula is C12H16N2O4. The Morgan fingerprint density at radius 1 is 1.56 bits per heavy atom. The number of carboxylic acids is 1. The van der Waals surface area contributed by atoms with Gasteiger partial charge in [0.15, 0.2) is 0 Å². The van der Waals surface area contributed by atoms with Crippen molar-refractivity contribution in [1.82, 2.24) is 4.90 Å². The van der Waals surface area contributed by atoms with Crippen LogP contribution in [0.2, 0.25) is 0 Å². The lowest BCUT2D eigenvalue weighted by Gasteiger charge is -2.26. The molecule has 0 aromatic heterocycles. The standard InChI is InChI=1S/C12H16N2O4/c1-3-13(8-12(15)16)9(2)10-5-4-6-11(7-10)14(17)18/h4-7,9H,3,8H2,1-2H3,(H,15,16). The number of nitrogens with zero attached hydrogens (tertiary/aromatic N) is 2. The molecule has 1 rings (SSSR count). The monoisotopic (exact) mass is 252 g/mol. The van der Waals surface area contributed by atoms with Gasteiger partial charge in [-0.15, -0.1) is 0 Å². The topological polar surface area (TPSA) is 83.7 Å². The molecule has 6 heteroatoms. The lowest BCUT2D eigenvalue weighted by Crippen LogP contribution is -2.32. The summed E-state index contributed by atoms with van der Waals surface area (Å²) >= 11 is 0. The zero-order chi connectivity index (χ0) is 13.7. The molecule has 0 aliphatic carbocycles. The highest BCUT2D eigenvalue weighted by Gasteiger charge is 2.18. The fraction of sp³-hybridized carbons (Fsp3) is 0.417. The van der Waals surface area contributed by atoms with Crippen LogP contribution in [0.15, 0.2) is 24.3 Å². The van der Waals surface area contributed by atoms with Crippen molar-refractivity contribution < 1.29 is 14.8 Å². The first kappa shape index (κ1) is 14.1. The molecule has 1 unspecified atom stereocenters. The average Bonchev–Trinajstić information content (AvgIpc) is 2.35. The number of nitro groups is 1. The van der Waals surface area contributed by atoms with E-state index in [-0.39, 0.29) is 18.3 Å². The van der Waals surface area contributed by atoms with Gasteiger partial charge in [-0.05, 0) is 19.0 Å². The molecule has 0 spiro atoms. The summed E-state index contributed by atoms with van der Waals surface area (Å²) in [5.41, 5.74) is 0.762. The number of benzene rings is 1. The number of aliphatic carboxylic acids is 1. The zero-order valence-corrected chi connectivity index (χ0v) is 10.4. The fourth-order valence-corrected chi connectivity index (χ4v) is 1.81. The van der Waals surface area contributed by atoms with Gasteiger partial charge in [0.05, 0.1) is 11.5 Å². The van der Waals surface area contributed by atoms with E-state index in [1.165, 1.54) is 12.1 Å². The van der Waals surface area contributed by atoms with Crippen molar-refractivity contribution in [2.45, 2.75) is 19.9 Å². The van der Waals surface area contributed by atoms with Crippen LogP contribution in [0.5, 0.6) is 0 Å². The lowest BCUT2D eigenvalue weighted by molar-refractivity contribution is -0.384. The first-order valence-electron chi connectivity index (χ1n) is 5.66. The molecule has 0 saturated carbocycles. The number of rotatable bonds is 6. The van der Waals surface area contributed by atoms with Gasteiger partial charge >= 0.3 is 5.97 Å². The van der Waals surface area contributed by atoms with Crippen molar-refractivity contribution in [3.8, 4) is 0 Å². The third kappa shape index (κ3) is 3.53. The van der Waals surface area contributed by atoms with E-state index < -0.39 is 10.9 Å². The molecule has 1 atom stereocenters. The molecule has 98 valence electrons. The molecule has 0 fully saturated rings. The van der Waals surface area contributed by atoms with Crippen LogP contribution in [0.25, 0.3) is 0 Å². The molecule has 1 aromatic rings. The minimum absolute atomic E-state index is 0.0192. The maximum Gasteiger partial charge on any atom is 0.317 e. The highest BCUT2D eigenvalue weighted by atomic mass is 16.6. The first-order valence-corrected chi connectivity index (χ1v) is 5.66. The van der Waals surface area contributed by atoms with Crippen LogP contribution < -0.4 is 0 Å². The number of non-ortho nitro benzene ring substituents is 1. The van der Waals surface area contributed by atoms with Gasteiger partial charge in [0.1, 0.15) is 0 Å². The first-order chi connectivity index (χ1) is 8.45. The van der Waals surface area contributed by atoms with E-state index in [0.29, 0.717) is 6.54 Å². The smallest absolute Gasteiger partial charge is 0.317 e. The zero-order valence-electron chi connectivity index (χ0n) is 10.4. The van der Waals surface area contributed by atoms with Crippen LogP contribution in [-0.2, 0) is 4.79 Å². The quantitative estimate of drug-likeness (QED) is 0.618. The highest BCUT2D eigenvalue weighted by molar-refractivity contribution is 5.69. The molecule has 0 aliphatic rings. The Bertz CT molecular complexity index is 447. The number of carbonyl (C=O) groups is 1. The molecule has 0 amide bonds. The second kappa shape index (κ2) is 6.11. The molecule has 0 heterocycles. The Hall–Kier alpha value is -1.95. The Balaban J connectivity index is 2.94. The lowest BCUT2D eigenvalue weighted by atomic mass is 10.1. The third-order valence-corrected chi connectivity index (χ3v) is 2.86. The Labute approximate surface area is 105 Å². The van der Waals surface area contributed by atoms with Gasteiger partial charge in [0.2, 0.25) is 0 Å². The van der Waals surface area contributed by atoms with Gasteiger partial charge in [-0.3, -0.25) is 19.8 Å². The summed E-state index contributed by atoms with van der Waals surface area (Å²) < 4.78 is 0. The fourth-order valence-electron chi connectivity index (χ4n) is 1.81. The van der Waals surface area contributed by atoms with Crippen LogP contribution in [0.3, 0.4) is 0 Å². The predicted octanol–water partition coefficient (Wildman–Crippen LogP) is 2.06. The molecular weight excluding hydrogens is 236 g/mol. The maximum atomic E-state index is 10.7. The summed E-state index contributed by atoms with van der Waals surface area (Å²) in [5.74, 6) is -0.908. The van der Waals surface area contributed by atoms with Gasteiger partial charge in [-0.25, -0.2) is 0 Å². The van der Waals surface area contributed by atoms with E-state index in [4.69, 9.17) is 5.11 Å². The number of hydrogen-bond acceptors (Lipinski definition) is 4. The Kier molecular flexibility index (Phi) is 4.79. The van der Waals surface area contributed by atoms with Crippen LogP contribution in [0.1, 0.15) is 25.5 Å². The summed E-state index contributed by atoms with van der Waals surface area (Å²) in [4.78, 5) is 22.7. The number of carboxylic acid groups (broad SMARTS) is 1. The van der Waals surface area contributed by atoms with Crippen LogP contribution in [-0.4, -0.2) is 34.0 Å². The van der Waals surface area contributed by atoms with Crippen molar-refractivity contribution in [2.75, 3.05) is 13.1 Å². The van der Waals surface area contributed by atoms with Gasteiger partial charge in [0, 0.05) is 18.2 Å². The van der Waals surface area contributed by atoms with Crippen molar-refractivity contribution >= 4 is 11.7 Å². The Morgan fingerprint density at radius 3 is 2.72 bits per heavy atom. The second-order valence-corrected chi connectivity index (χ2v) is 3.98. The number of nitro benzene ring substituents is 1. The number of hydrogen-bond donors (Lipinski definition) is 1. The molecule has 0 saturated heterocycles. The van der Waals surface area contributed by atoms with Crippen LogP contribution in [0, 0.1) is 10.1 Å². The van der Waals surface area contributed by atoms with E-state index >= 15 is 0 Å². The minimum Gasteiger partial charge on any atom is -0.480 e. The molecule has 0 bridgehead atoms. The molecule has 1 aromatic carbocycles. The SMILES string of the molecule is CCN(CC(=O)O)C(C)c1cccc([N+](=O)[O-])c1. The van der Waals surface area contributed by atoms with E-state index in [1.54, 1.807) is 17.0 Å². The normalized spacial score (nSPS) is 12.4. The summed E-state index contributed by atoms with van der Waals surface area (Å²) in [7, 11) is 0. The average molecular weight is 252 g/mol. The molecule has 0 radical (unpaired) electrons. The predicted molar refractivity (Wildman–Crippen MR) is 66.4 cm³/mol. The van der Waals surface area contributed by atoms with Crippen LogP contribution in [0.4, 0.5) is 5.69 Å². The van der Waals surface area contributed by atoms with Crippen molar-refractivity contribution in [3.05, 3.63) is 39.9 Å². The summed E-state index contributed by atoms with van der Waals surface area (Å²) in [6.07, 6.45) is 0. The summed E-state index contributed by atoms with van der Waals surface area (Å²) in [6, 6.07) is 6.10. The summed E-state index contributed by atoms with van der Waals surface area (Å²) in [5, 5.41) is 19.5. The molecule has 1 N–H and O–H groups in total. The van der Waals surface area contributed by atoms with E-state index in [0.717, 1.165) is 5.56 Å². The van der Waals surface area contributed by atoms with Gasteiger partial charge in [0.25, 0.3) is 5.69 Å². The molecule has 0 aliphatic heterocycles. The second-order valence-electron chi connectivity index (χ2n) is 3.98. The largest absolute Gasteiger partial charge is 0.480 e. The Morgan fingerprint density at radius 2 is 2.22 bits per heavy atom. The summed E-state index contributed by atoms with van der Waals surface area (Å²) in [6.45, 7) is 4.18. The van der Waals surface area contributed by atoms with Crippen molar-refractivity contribution in [2.24, 2.45) is 0 Å². The third-order valence-electron chi connectivity index (χ3n) is 2.86. The van der Waals surface area contributed by atoms with Gasteiger partial charge < -0.3 is 5.11 Å². The van der Waals surface area contributed by atoms with Gasteiger partial charge in [-0.2, -0.15) is 0 Å². The van der Waals surface area contributed by atoms with Crippen molar-refractivity contribution in [1.29, 1.82) is 0 Å². The maximum absolute atomic E-state index is 10.7. The molecule has 18 heavy (non-hydrogen) atoms. The highest BCUT2D eigenvalue weighted by Crippen LogP contribution is 2.23. The van der Waals surface area contributed by atoms with Crippen LogP contribution >= 0.6 is 0 Å².